The first-order valence-electron chi connectivity index (χ1n) is 5.78. The van der Waals surface area contributed by atoms with Crippen LogP contribution in [0.5, 0.6) is 0 Å². The number of rotatable bonds is 4. The smallest absolute Gasteiger partial charge is 0.323 e. The third kappa shape index (κ3) is 6.81. The van der Waals surface area contributed by atoms with Crippen molar-refractivity contribution in [3.63, 3.8) is 0 Å². The van der Waals surface area contributed by atoms with Gasteiger partial charge in [-0.25, -0.2) is 4.39 Å². The fourth-order valence-electron chi connectivity index (χ4n) is 1.21. The quantitative estimate of drug-likeness (QED) is 0.662. The molecule has 0 spiro atoms. The van der Waals surface area contributed by atoms with Crippen molar-refractivity contribution in [2.75, 3.05) is 6.61 Å². The maximum Gasteiger partial charge on any atom is 0.323 e. The van der Waals surface area contributed by atoms with Crippen molar-refractivity contribution in [3.05, 3.63) is 48.3 Å². The Morgan fingerprint density at radius 1 is 1.50 bits per heavy atom. The zero-order valence-corrected chi connectivity index (χ0v) is 10.9. The van der Waals surface area contributed by atoms with Gasteiger partial charge in [-0.05, 0) is 38.0 Å². The molecule has 0 saturated carbocycles. The lowest BCUT2D eigenvalue weighted by Gasteiger charge is -2.10. The summed E-state index contributed by atoms with van der Waals surface area (Å²) in [6, 6.07) is 5.21. The minimum absolute atomic E-state index is 0.302. The number of benzene rings is 1. The monoisotopic (exact) mass is 253 g/mol. The van der Waals surface area contributed by atoms with E-state index in [0.717, 1.165) is 5.56 Å². The van der Waals surface area contributed by atoms with E-state index in [-0.39, 0.29) is 5.82 Å². The Labute approximate surface area is 107 Å². The summed E-state index contributed by atoms with van der Waals surface area (Å²) in [6.07, 6.45) is 2.11. The van der Waals surface area contributed by atoms with E-state index in [1.54, 1.807) is 25.1 Å². The lowest BCUT2D eigenvalue weighted by Crippen LogP contribution is -2.34. The standard InChI is InChI=1S/C11H14FNO2.C3H6/c1-2-15-11(14)10(13)7-8-3-5-9(12)6-4-8;1-3-2/h3-6,10H,2,7,13H2,1H3;3H,1H2,2H3. The lowest BCUT2D eigenvalue weighted by molar-refractivity contribution is -0.144. The first-order chi connectivity index (χ1) is 8.54. The van der Waals surface area contributed by atoms with E-state index in [2.05, 4.69) is 6.58 Å². The first-order valence-corrected chi connectivity index (χ1v) is 5.78. The van der Waals surface area contributed by atoms with Gasteiger partial charge in [0.1, 0.15) is 11.9 Å². The van der Waals surface area contributed by atoms with Gasteiger partial charge in [0.25, 0.3) is 0 Å². The average Bonchev–Trinajstić information content (AvgIpc) is 2.33. The first kappa shape index (κ1) is 16.3. The second-order valence-electron chi connectivity index (χ2n) is 3.60. The molecule has 0 amide bonds. The molecule has 1 unspecified atom stereocenters. The molecule has 1 aromatic carbocycles. The second kappa shape index (κ2) is 9.36. The number of hydrogen-bond acceptors (Lipinski definition) is 3. The van der Waals surface area contributed by atoms with E-state index in [4.69, 9.17) is 10.5 Å². The Hall–Kier alpha value is -1.68. The Kier molecular flexibility index (Phi) is 8.49. The van der Waals surface area contributed by atoms with Gasteiger partial charge in [0.2, 0.25) is 0 Å². The summed E-state index contributed by atoms with van der Waals surface area (Å²) >= 11 is 0. The largest absolute Gasteiger partial charge is 0.465 e. The molecule has 0 aliphatic heterocycles. The number of carbonyl (C=O) groups is 1. The van der Waals surface area contributed by atoms with Crippen LogP contribution >= 0.6 is 0 Å². The molecule has 0 aliphatic rings. The topological polar surface area (TPSA) is 52.3 Å². The van der Waals surface area contributed by atoms with Gasteiger partial charge in [0.05, 0.1) is 6.61 Å². The Morgan fingerprint density at radius 3 is 2.44 bits per heavy atom. The molecule has 1 rings (SSSR count). The molecular formula is C14H20FNO2. The lowest BCUT2D eigenvalue weighted by atomic mass is 10.1. The molecule has 0 saturated heterocycles. The van der Waals surface area contributed by atoms with Crippen molar-refractivity contribution < 1.29 is 13.9 Å². The molecule has 1 aromatic rings. The maximum absolute atomic E-state index is 12.6. The van der Waals surface area contributed by atoms with Gasteiger partial charge in [-0.2, -0.15) is 0 Å². The molecule has 0 bridgehead atoms. The van der Waals surface area contributed by atoms with E-state index < -0.39 is 12.0 Å². The van der Waals surface area contributed by atoms with Gasteiger partial charge < -0.3 is 10.5 Å². The minimum atomic E-state index is -0.685. The van der Waals surface area contributed by atoms with E-state index in [1.807, 2.05) is 6.92 Å². The van der Waals surface area contributed by atoms with Crippen molar-refractivity contribution in [1.82, 2.24) is 0 Å². The van der Waals surface area contributed by atoms with Crippen LogP contribution in [0, 0.1) is 5.82 Å². The normalized spacial score (nSPS) is 10.9. The summed E-state index contributed by atoms with van der Waals surface area (Å²) in [5, 5.41) is 0. The molecule has 0 aromatic heterocycles. The van der Waals surface area contributed by atoms with Crippen LogP contribution in [0.1, 0.15) is 19.4 Å². The number of esters is 1. The van der Waals surface area contributed by atoms with Crippen molar-refractivity contribution in [1.29, 1.82) is 0 Å². The van der Waals surface area contributed by atoms with E-state index in [0.29, 0.717) is 13.0 Å². The van der Waals surface area contributed by atoms with E-state index >= 15 is 0 Å². The maximum atomic E-state index is 12.6. The summed E-state index contributed by atoms with van der Waals surface area (Å²) in [6.45, 7) is 7.29. The Bertz CT molecular complexity index is 363. The molecule has 0 heterocycles. The molecule has 0 radical (unpaired) electrons. The number of halogens is 1. The zero-order valence-electron chi connectivity index (χ0n) is 10.9. The van der Waals surface area contributed by atoms with Crippen molar-refractivity contribution in [2.24, 2.45) is 5.73 Å². The van der Waals surface area contributed by atoms with E-state index in [9.17, 15) is 9.18 Å². The van der Waals surface area contributed by atoms with Crippen LogP contribution in [-0.4, -0.2) is 18.6 Å². The Balaban J connectivity index is 0.000000873. The highest BCUT2D eigenvalue weighted by atomic mass is 19.1. The van der Waals surface area contributed by atoms with Crippen molar-refractivity contribution in [2.45, 2.75) is 26.3 Å². The summed E-state index contributed by atoms with van der Waals surface area (Å²) in [5.74, 6) is -0.731. The Morgan fingerprint density at radius 2 is 2.00 bits per heavy atom. The highest BCUT2D eigenvalue weighted by Crippen LogP contribution is 2.05. The number of nitrogens with two attached hydrogens (primary N) is 1. The molecule has 100 valence electrons. The number of ether oxygens (including phenoxy) is 1. The highest BCUT2D eigenvalue weighted by Gasteiger charge is 2.14. The van der Waals surface area contributed by atoms with Crippen molar-refractivity contribution >= 4 is 5.97 Å². The zero-order chi connectivity index (χ0) is 14.0. The summed E-state index contributed by atoms with van der Waals surface area (Å²) in [7, 11) is 0. The molecular weight excluding hydrogens is 233 g/mol. The molecule has 1 atom stereocenters. The number of allylic oxidation sites excluding steroid dienone is 1. The van der Waals surface area contributed by atoms with Crippen LogP contribution in [0.15, 0.2) is 36.9 Å². The molecule has 18 heavy (non-hydrogen) atoms. The van der Waals surface area contributed by atoms with Crippen LogP contribution in [0.3, 0.4) is 0 Å². The van der Waals surface area contributed by atoms with Gasteiger partial charge >= 0.3 is 5.97 Å². The van der Waals surface area contributed by atoms with Gasteiger partial charge in [-0.15, -0.1) is 6.58 Å². The van der Waals surface area contributed by atoms with Crippen molar-refractivity contribution in [3.8, 4) is 0 Å². The molecule has 3 nitrogen and oxygen atoms in total. The predicted molar refractivity (Wildman–Crippen MR) is 70.6 cm³/mol. The van der Waals surface area contributed by atoms with Crippen LogP contribution in [0.2, 0.25) is 0 Å². The van der Waals surface area contributed by atoms with Crippen LogP contribution in [0.4, 0.5) is 4.39 Å². The van der Waals surface area contributed by atoms with Gasteiger partial charge in [0.15, 0.2) is 0 Å². The predicted octanol–water partition coefficient (Wildman–Crippen LogP) is 2.45. The average molecular weight is 253 g/mol. The minimum Gasteiger partial charge on any atom is -0.465 e. The number of hydrogen-bond donors (Lipinski definition) is 1. The van der Waals surface area contributed by atoms with Crippen LogP contribution in [0.25, 0.3) is 0 Å². The second-order valence-corrected chi connectivity index (χ2v) is 3.60. The summed E-state index contributed by atoms with van der Waals surface area (Å²) in [5.41, 5.74) is 6.42. The van der Waals surface area contributed by atoms with Gasteiger partial charge in [-0.1, -0.05) is 18.2 Å². The molecule has 2 N–H and O–H groups in total. The molecule has 0 aliphatic carbocycles. The third-order valence-electron chi connectivity index (χ3n) is 1.96. The van der Waals surface area contributed by atoms with E-state index in [1.165, 1.54) is 12.1 Å². The highest BCUT2D eigenvalue weighted by molar-refractivity contribution is 5.75. The van der Waals surface area contributed by atoms with Crippen LogP contribution in [-0.2, 0) is 16.0 Å². The molecule has 0 fully saturated rings. The summed E-state index contributed by atoms with van der Waals surface area (Å²) < 4.78 is 17.3. The SMILES string of the molecule is C=CC.CCOC(=O)C(N)Cc1ccc(F)cc1. The molecule has 4 heteroatoms. The van der Waals surface area contributed by atoms with Crippen LogP contribution < -0.4 is 5.73 Å². The fourth-order valence-corrected chi connectivity index (χ4v) is 1.21. The third-order valence-corrected chi connectivity index (χ3v) is 1.96. The summed E-state index contributed by atoms with van der Waals surface area (Å²) in [4.78, 5) is 11.2. The van der Waals surface area contributed by atoms with Gasteiger partial charge in [0, 0.05) is 0 Å². The fraction of sp³-hybridized carbons (Fsp3) is 0.357. The van der Waals surface area contributed by atoms with Gasteiger partial charge in [-0.3, -0.25) is 4.79 Å². The number of carbonyl (C=O) groups excluding carboxylic acids is 1.